The van der Waals surface area contributed by atoms with E-state index in [1.165, 1.54) is 4.88 Å². The van der Waals surface area contributed by atoms with Gasteiger partial charge in [0, 0.05) is 22.3 Å². The molecule has 2 rings (SSSR count). The number of ether oxygens (including phenoxy) is 1. The van der Waals surface area contributed by atoms with Crippen molar-refractivity contribution < 1.29 is 14.3 Å². The molecule has 1 atom stereocenters. The standard InChI is InChI=1S/C18H24N2O3S/c1-5-12(2)19-17(21)11-23-18(22)16-9-13(3)20(14(16)4)10-15-7-6-8-24-15/h6-9,12H,5,10-11H2,1-4H3,(H,19,21)/t12-/m0/s1. The van der Waals surface area contributed by atoms with Crippen molar-refractivity contribution in [1.82, 2.24) is 9.88 Å². The zero-order chi connectivity index (χ0) is 17.7. The number of carbonyl (C=O) groups is 2. The molecule has 1 N–H and O–H groups in total. The predicted octanol–water partition coefficient (Wildman–Crippen LogP) is 3.29. The lowest BCUT2D eigenvalue weighted by Gasteiger charge is -2.11. The van der Waals surface area contributed by atoms with Crippen molar-refractivity contribution in [2.24, 2.45) is 0 Å². The van der Waals surface area contributed by atoms with Gasteiger partial charge >= 0.3 is 5.97 Å². The maximum Gasteiger partial charge on any atom is 0.340 e. The minimum absolute atomic E-state index is 0.0760. The van der Waals surface area contributed by atoms with Crippen LogP contribution < -0.4 is 5.32 Å². The summed E-state index contributed by atoms with van der Waals surface area (Å²) in [6.45, 7) is 8.25. The van der Waals surface area contributed by atoms with Crippen LogP contribution in [-0.2, 0) is 16.1 Å². The van der Waals surface area contributed by atoms with Gasteiger partial charge in [-0.1, -0.05) is 13.0 Å². The summed E-state index contributed by atoms with van der Waals surface area (Å²) >= 11 is 1.68. The Labute approximate surface area is 146 Å². The molecule has 0 saturated carbocycles. The first kappa shape index (κ1) is 18.3. The van der Waals surface area contributed by atoms with Crippen molar-refractivity contribution in [3.63, 3.8) is 0 Å². The van der Waals surface area contributed by atoms with Crippen LogP contribution in [-0.4, -0.2) is 29.1 Å². The number of nitrogens with zero attached hydrogens (tertiary/aromatic N) is 1. The summed E-state index contributed by atoms with van der Waals surface area (Å²) in [5.41, 5.74) is 2.37. The van der Waals surface area contributed by atoms with Crippen LogP contribution in [0, 0.1) is 13.8 Å². The van der Waals surface area contributed by atoms with Crippen molar-refractivity contribution in [2.75, 3.05) is 6.61 Å². The lowest BCUT2D eigenvalue weighted by molar-refractivity contribution is -0.124. The van der Waals surface area contributed by atoms with Crippen LogP contribution in [0.3, 0.4) is 0 Å². The van der Waals surface area contributed by atoms with Gasteiger partial charge in [-0.05, 0) is 44.7 Å². The van der Waals surface area contributed by atoms with Gasteiger partial charge in [-0.15, -0.1) is 11.3 Å². The summed E-state index contributed by atoms with van der Waals surface area (Å²) in [7, 11) is 0. The molecular formula is C18H24N2O3S. The number of thiophene rings is 1. The first-order valence-corrected chi connectivity index (χ1v) is 8.96. The highest BCUT2D eigenvalue weighted by Gasteiger charge is 2.18. The van der Waals surface area contributed by atoms with Gasteiger partial charge < -0.3 is 14.6 Å². The lowest BCUT2D eigenvalue weighted by Crippen LogP contribution is -2.35. The molecule has 0 aliphatic heterocycles. The van der Waals surface area contributed by atoms with Crippen molar-refractivity contribution in [2.45, 2.75) is 46.7 Å². The number of hydrogen-bond donors (Lipinski definition) is 1. The summed E-state index contributed by atoms with van der Waals surface area (Å²) in [6, 6.07) is 5.98. The molecule has 0 bridgehead atoms. The smallest absolute Gasteiger partial charge is 0.340 e. The topological polar surface area (TPSA) is 60.3 Å². The van der Waals surface area contributed by atoms with Crippen LogP contribution in [0.4, 0.5) is 0 Å². The molecule has 0 spiro atoms. The van der Waals surface area contributed by atoms with Crippen LogP contribution in [0.1, 0.15) is 46.9 Å². The molecule has 0 fully saturated rings. The van der Waals surface area contributed by atoms with E-state index >= 15 is 0 Å². The third-order valence-electron chi connectivity index (χ3n) is 4.04. The first-order valence-electron chi connectivity index (χ1n) is 8.08. The Kier molecular flexibility index (Phi) is 6.20. The summed E-state index contributed by atoms with van der Waals surface area (Å²) in [5.74, 6) is -0.732. The summed E-state index contributed by atoms with van der Waals surface area (Å²) in [6.07, 6.45) is 0.837. The van der Waals surface area contributed by atoms with E-state index in [1.807, 2.05) is 45.2 Å². The number of carbonyl (C=O) groups excluding carboxylic acids is 2. The van der Waals surface area contributed by atoms with E-state index in [0.29, 0.717) is 5.56 Å². The predicted molar refractivity (Wildman–Crippen MR) is 95.5 cm³/mol. The van der Waals surface area contributed by atoms with Crippen LogP contribution in [0.25, 0.3) is 0 Å². The van der Waals surface area contributed by atoms with Gasteiger partial charge in [0.25, 0.3) is 5.91 Å². The van der Waals surface area contributed by atoms with E-state index in [2.05, 4.69) is 16.0 Å². The third-order valence-corrected chi connectivity index (χ3v) is 4.90. The molecule has 0 radical (unpaired) electrons. The van der Waals surface area contributed by atoms with Crippen LogP contribution in [0.5, 0.6) is 0 Å². The highest BCUT2D eigenvalue weighted by molar-refractivity contribution is 7.09. The largest absolute Gasteiger partial charge is 0.452 e. The molecule has 24 heavy (non-hydrogen) atoms. The van der Waals surface area contributed by atoms with Crippen LogP contribution in [0.2, 0.25) is 0 Å². The normalized spacial score (nSPS) is 12.0. The van der Waals surface area contributed by atoms with Gasteiger partial charge in [0.05, 0.1) is 12.1 Å². The van der Waals surface area contributed by atoms with Gasteiger partial charge in [-0.3, -0.25) is 4.79 Å². The Morgan fingerprint density at radius 3 is 2.75 bits per heavy atom. The maximum atomic E-state index is 12.3. The third kappa shape index (κ3) is 4.47. The van der Waals surface area contributed by atoms with E-state index in [0.717, 1.165) is 24.4 Å². The highest BCUT2D eigenvalue weighted by Crippen LogP contribution is 2.20. The van der Waals surface area contributed by atoms with Crippen molar-refractivity contribution in [3.8, 4) is 0 Å². The molecule has 0 saturated heterocycles. The van der Waals surface area contributed by atoms with Crippen molar-refractivity contribution in [1.29, 1.82) is 0 Å². The fraction of sp³-hybridized carbons (Fsp3) is 0.444. The van der Waals surface area contributed by atoms with E-state index in [1.54, 1.807) is 11.3 Å². The average Bonchev–Trinajstić information content (AvgIpc) is 3.16. The number of amides is 1. The molecule has 6 heteroatoms. The van der Waals surface area contributed by atoms with Gasteiger partial charge in [0.2, 0.25) is 0 Å². The molecule has 0 unspecified atom stereocenters. The van der Waals surface area contributed by atoms with Gasteiger partial charge in [0.1, 0.15) is 0 Å². The van der Waals surface area contributed by atoms with E-state index < -0.39 is 5.97 Å². The molecule has 0 aliphatic carbocycles. The van der Waals surface area contributed by atoms with Crippen molar-refractivity contribution >= 4 is 23.2 Å². The average molecular weight is 348 g/mol. The highest BCUT2D eigenvalue weighted by atomic mass is 32.1. The maximum absolute atomic E-state index is 12.3. The zero-order valence-electron chi connectivity index (χ0n) is 14.6. The number of esters is 1. The minimum Gasteiger partial charge on any atom is -0.452 e. The van der Waals surface area contributed by atoms with E-state index in [4.69, 9.17) is 4.74 Å². The quantitative estimate of drug-likeness (QED) is 0.781. The number of rotatable bonds is 7. The SMILES string of the molecule is CC[C@H](C)NC(=O)COC(=O)c1cc(C)n(Cc2cccs2)c1C. The second-order valence-corrected chi connectivity index (χ2v) is 6.94. The van der Waals surface area contributed by atoms with Gasteiger partial charge in [-0.2, -0.15) is 0 Å². The number of aryl methyl sites for hydroxylation is 1. The van der Waals surface area contributed by atoms with Gasteiger partial charge in [0.15, 0.2) is 6.61 Å². The molecule has 2 aromatic heterocycles. The molecule has 0 aromatic carbocycles. The summed E-state index contributed by atoms with van der Waals surface area (Å²) in [4.78, 5) is 25.2. The second-order valence-electron chi connectivity index (χ2n) is 5.90. The Balaban J connectivity index is 2.01. The molecule has 2 heterocycles. The Bertz CT molecular complexity index is 704. The number of aromatic nitrogens is 1. The van der Waals surface area contributed by atoms with E-state index in [9.17, 15) is 9.59 Å². The lowest BCUT2D eigenvalue weighted by atomic mass is 10.2. The summed E-state index contributed by atoms with van der Waals surface area (Å²) in [5, 5.41) is 4.81. The van der Waals surface area contributed by atoms with Gasteiger partial charge in [-0.25, -0.2) is 4.79 Å². The number of nitrogens with one attached hydrogen (secondary N) is 1. The van der Waals surface area contributed by atoms with E-state index in [-0.39, 0.29) is 18.6 Å². The van der Waals surface area contributed by atoms with Crippen LogP contribution in [0.15, 0.2) is 23.6 Å². The molecule has 1 amide bonds. The zero-order valence-corrected chi connectivity index (χ0v) is 15.4. The fourth-order valence-electron chi connectivity index (χ4n) is 2.44. The summed E-state index contributed by atoms with van der Waals surface area (Å²) < 4.78 is 7.24. The molecule has 130 valence electrons. The first-order chi connectivity index (χ1) is 11.4. The fourth-order valence-corrected chi connectivity index (χ4v) is 3.13. The Morgan fingerprint density at radius 1 is 1.38 bits per heavy atom. The second kappa shape index (κ2) is 8.15. The number of hydrogen-bond acceptors (Lipinski definition) is 4. The molecule has 0 aliphatic rings. The molecular weight excluding hydrogens is 324 g/mol. The Hall–Kier alpha value is -2.08. The molecule has 2 aromatic rings. The van der Waals surface area contributed by atoms with Crippen molar-refractivity contribution in [3.05, 3.63) is 45.4 Å². The molecule has 5 nitrogen and oxygen atoms in total. The minimum atomic E-state index is -0.458. The van der Waals surface area contributed by atoms with Crippen LogP contribution >= 0.6 is 11.3 Å². The monoisotopic (exact) mass is 348 g/mol. The Morgan fingerprint density at radius 2 is 2.12 bits per heavy atom.